The van der Waals surface area contributed by atoms with Crippen molar-refractivity contribution in [3.8, 4) is 0 Å². The molecule has 0 fully saturated rings. The third kappa shape index (κ3) is 2.45. The number of fused-ring (bicyclic) bond motifs is 1. The van der Waals surface area contributed by atoms with Gasteiger partial charge >= 0.3 is 0 Å². The van der Waals surface area contributed by atoms with Crippen LogP contribution in [0.3, 0.4) is 0 Å². The molecule has 0 saturated carbocycles. The van der Waals surface area contributed by atoms with Crippen LogP contribution in [0.25, 0.3) is 10.8 Å². The van der Waals surface area contributed by atoms with Crippen LogP contribution in [0, 0.1) is 13.8 Å². The second-order valence-electron chi connectivity index (χ2n) is 5.27. The van der Waals surface area contributed by atoms with E-state index in [0.717, 1.165) is 27.5 Å². The molecule has 21 heavy (non-hydrogen) atoms. The minimum atomic E-state index is 0.0454. The lowest BCUT2D eigenvalue weighted by molar-refractivity contribution is 0.103. The van der Waals surface area contributed by atoms with Crippen molar-refractivity contribution in [2.75, 3.05) is 0 Å². The fraction of sp³-hybridized carbons (Fsp3) is 0.105. The highest BCUT2D eigenvalue weighted by Crippen LogP contribution is 2.26. The number of carbonyl (C=O) groups is 1. The monoisotopic (exact) mass is 294 g/mol. The normalized spacial score (nSPS) is 10.8. The Labute approximate surface area is 129 Å². The number of carbonyl (C=O) groups excluding carboxylic acids is 1. The Morgan fingerprint density at radius 3 is 2.38 bits per heavy atom. The van der Waals surface area contributed by atoms with Crippen molar-refractivity contribution in [2.24, 2.45) is 0 Å². The molecule has 0 atom stereocenters. The molecule has 0 aromatic heterocycles. The second-order valence-corrected chi connectivity index (χ2v) is 5.68. The number of hydrogen-bond acceptors (Lipinski definition) is 1. The maximum Gasteiger partial charge on any atom is 0.193 e. The molecule has 0 N–H and O–H groups in total. The minimum Gasteiger partial charge on any atom is -0.289 e. The topological polar surface area (TPSA) is 17.1 Å². The summed E-state index contributed by atoms with van der Waals surface area (Å²) in [6, 6.07) is 17.5. The van der Waals surface area contributed by atoms with E-state index in [9.17, 15) is 4.79 Å². The summed E-state index contributed by atoms with van der Waals surface area (Å²) >= 11 is 6.12. The molecule has 0 spiro atoms. The maximum absolute atomic E-state index is 12.9. The third-order valence-electron chi connectivity index (χ3n) is 3.78. The van der Waals surface area contributed by atoms with Crippen molar-refractivity contribution < 1.29 is 4.79 Å². The number of hydrogen-bond donors (Lipinski definition) is 0. The van der Waals surface area contributed by atoms with Crippen molar-refractivity contribution in [2.45, 2.75) is 13.8 Å². The summed E-state index contributed by atoms with van der Waals surface area (Å²) in [7, 11) is 0. The largest absolute Gasteiger partial charge is 0.289 e. The highest BCUT2D eigenvalue weighted by Gasteiger charge is 2.15. The fourth-order valence-corrected chi connectivity index (χ4v) is 2.81. The Hall–Kier alpha value is -2.12. The summed E-state index contributed by atoms with van der Waals surface area (Å²) in [4.78, 5) is 12.9. The van der Waals surface area contributed by atoms with E-state index in [4.69, 9.17) is 11.6 Å². The van der Waals surface area contributed by atoms with E-state index in [1.165, 1.54) is 0 Å². The van der Waals surface area contributed by atoms with Crippen molar-refractivity contribution in [1.82, 2.24) is 0 Å². The van der Waals surface area contributed by atoms with Crippen LogP contribution in [-0.4, -0.2) is 5.78 Å². The van der Waals surface area contributed by atoms with Crippen molar-refractivity contribution in [3.63, 3.8) is 0 Å². The predicted molar refractivity (Wildman–Crippen MR) is 88.3 cm³/mol. The molecule has 104 valence electrons. The van der Waals surface area contributed by atoms with Crippen LogP contribution in [0.2, 0.25) is 5.02 Å². The Kier molecular flexibility index (Phi) is 3.52. The molecular weight excluding hydrogens is 280 g/mol. The predicted octanol–water partition coefficient (Wildman–Crippen LogP) is 5.34. The molecule has 0 radical (unpaired) electrons. The van der Waals surface area contributed by atoms with Gasteiger partial charge in [0, 0.05) is 16.1 Å². The van der Waals surface area contributed by atoms with Gasteiger partial charge in [0.25, 0.3) is 0 Å². The fourth-order valence-electron chi connectivity index (χ4n) is 2.59. The average molecular weight is 295 g/mol. The molecule has 0 heterocycles. The zero-order chi connectivity index (χ0) is 15.0. The molecule has 3 rings (SSSR count). The molecule has 0 amide bonds. The van der Waals surface area contributed by atoms with E-state index < -0.39 is 0 Å². The van der Waals surface area contributed by atoms with Crippen LogP contribution in [0.15, 0.2) is 54.6 Å². The zero-order valence-corrected chi connectivity index (χ0v) is 12.7. The molecule has 0 aliphatic carbocycles. The Morgan fingerprint density at radius 2 is 1.57 bits per heavy atom. The van der Waals surface area contributed by atoms with Gasteiger partial charge in [-0.15, -0.1) is 0 Å². The molecular formula is C19H15ClO. The summed E-state index contributed by atoms with van der Waals surface area (Å²) < 4.78 is 0. The van der Waals surface area contributed by atoms with E-state index in [-0.39, 0.29) is 5.78 Å². The summed E-state index contributed by atoms with van der Waals surface area (Å²) in [6.45, 7) is 3.84. The maximum atomic E-state index is 12.9. The molecule has 3 aromatic rings. The van der Waals surface area contributed by atoms with Gasteiger partial charge in [-0.05, 0) is 47.9 Å². The average Bonchev–Trinajstić information content (AvgIpc) is 2.49. The first-order chi connectivity index (χ1) is 10.1. The molecule has 0 aliphatic heterocycles. The number of benzene rings is 3. The Balaban J connectivity index is 2.20. The molecule has 0 bridgehead atoms. The first-order valence-corrected chi connectivity index (χ1v) is 7.25. The van der Waals surface area contributed by atoms with Crippen LogP contribution in [0.1, 0.15) is 27.0 Å². The van der Waals surface area contributed by atoms with Crippen LogP contribution in [-0.2, 0) is 0 Å². The lowest BCUT2D eigenvalue weighted by atomic mass is 9.94. The van der Waals surface area contributed by atoms with Gasteiger partial charge in [0.1, 0.15) is 0 Å². The second kappa shape index (κ2) is 5.34. The number of rotatable bonds is 2. The zero-order valence-electron chi connectivity index (χ0n) is 12.0. The molecule has 1 nitrogen and oxygen atoms in total. The van der Waals surface area contributed by atoms with Gasteiger partial charge in [-0.1, -0.05) is 54.1 Å². The number of ketones is 1. The Bertz CT molecular complexity index is 844. The van der Waals surface area contributed by atoms with Gasteiger partial charge in [-0.3, -0.25) is 4.79 Å². The van der Waals surface area contributed by atoms with Gasteiger partial charge in [-0.2, -0.15) is 0 Å². The molecule has 0 aliphatic rings. The van der Waals surface area contributed by atoms with Crippen molar-refractivity contribution >= 4 is 28.2 Å². The van der Waals surface area contributed by atoms with Gasteiger partial charge in [0.15, 0.2) is 5.78 Å². The molecule has 0 unspecified atom stereocenters. The summed E-state index contributed by atoms with van der Waals surface area (Å²) in [5, 5.41) is 2.76. The van der Waals surface area contributed by atoms with Gasteiger partial charge < -0.3 is 0 Å². The lowest BCUT2D eigenvalue weighted by Crippen LogP contribution is -2.05. The van der Waals surface area contributed by atoms with E-state index in [1.807, 2.05) is 68.4 Å². The van der Waals surface area contributed by atoms with Crippen molar-refractivity contribution in [1.29, 1.82) is 0 Å². The highest BCUT2D eigenvalue weighted by molar-refractivity contribution is 6.31. The van der Waals surface area contributed by atoms with E-state index in [0.29, 0.717) is 10.6 Å². The van der Waals surface area contributed by atoms with E-state index >= 15 is 0 Å². The number of aryl methyl sites for hydroxylation is 2. The Morgan fingerprint density at radius 1 is 0.857 bits per heavy atom. The van der Waals surface area contributed by atoms with E-state index in [2.05, 4.69) is 0 Å². The summed E-state index contributed by atoms with van der Waals surface area (Å²) in [6.07, 6.45) is 0. The van der Waals surface area contributed by atoms with Crippen LogP contribution in [0.4, 0.5) is 0 Å². The van der Waals surface area contributed by atoms with Crippen LogP contribution >= 0.6 is 11.6 Å². The number of halogens is 1. The quantitative estimate of drug-likeness (QED) is 0.583. The SMILES string of the molecule is Cc1cc(C(=O)c2cccc3ccccc23)c(C)cc1Cl. The first-order valence-electron chi connectivity index (χ1n) is 6.87. The summed E-state index contributed by atoms with van der Waals surface area (Å²) in [5.74, 6) is 0.0454. The summed E-state index contributed by atoms with van der Waals surface area (Å²) in [5.41, 5.74) is 3.28. The first kappa shape index (κ1) is 13.8. The minimum absolute atomic E-state index is 0.0454. The van der Waals surface area contributed by atoms with Gasteiger partial charge in [-0.25, -0.2) is 0 Å². The standard InChI is InChI=1S/C19H15ClO/c1-12-11-18(20)13(2)10-17(12)19(21)16-9-5-7-14-6-3-4-8-15(14)16/h3-11H,1-2H3. The smallest absolute Gasteiger partial charge is 0.193 e. The van der Waals surface area contributed by atoms with Crippen LogP contribution < -0.4 is 0 Å². The third-order valence-corrected chi connectivity index (χ3v) is 4.19. The van der Waals surface area contributed by atoms with Crippen molar-refractivity contribution in [3.05, 3.63) is 81.9 Å². The lowest BCUT2D eigenvalue weighted by Gasteiger charge is -2.10. The van der Waals surface area contributed by atoms with Gasteiger partial charge in [0.2, 0.25) is 0 Å². The van der Waals surface area contributed by atoms with Gasteiger partial charge in [0.05, 0.1) is 0 Å². The molecule has 3 aromatic carbocycles. The molecule has 0 saturated heterocycles. The van der Waals surface area contributed by atoms with E-state index in [1.54, 1.807) is 0 Å². The highest BCUT2D eigenvalue weighted by atomic mass is 35.5. The molecule has 2 heteroatoms. The van der Waals surface area contributed by atoms with Crippen LogP contribution in [0.5, 0.6) is 0 Å².